The van der Waals surface area contributed by atoms with E-state index in [1.807, 2.05) is 12.1 Å². The van der Waals surface area contributed by atoms with E-state index in [9.17, 15) is 4.79 Å². The van der Waals surface area contributed by atoms with Gasteiger partial charge >= 0.3 is 0 Å². The number of carbonyl (C=O) groups excluding carboxylic acids is 1. The molecule has 5 heteroatoms. The number of ketones is 1. The molecule has 0 aliphatic rings. The van der Waals surface area contributed by atoms with Crippen LogP contribution in [0.5, 0.6) is 0 Å². The van der Waals surface area contributed by atoms with Crippen molar-refractivity contribution in [3.05, 3.63) is 54.6 Å². The highest BCUT2D eigenvalue weighted by molar-refractivity contribution is 9.10. The number of Topliss-reactive ketones (excluding diaryl/α,β-unsaturated/α-hetero) is 1. The van der Waals surface area contributed by atoms with Crippen molar-refractivity contribution in [1.29, 1.82) is 0 Å². The Morgan fingerprint density at radius 1 is 1.29 bits per heavy atom. The van der Waals surface area contributed by atoms with Crippen molar-refractivity contribution < 1.29 is 4.79 Å². The van der Waals surface area contributed by atoms with E-state index in [4.69, 9.17) is 23.2 Å². The van der Waals surface area contributed by atoms with E-state index in [1.54, 1.807) is 18.2 Å². The molecule has 0 fully saturated rings. The Balaban J connectivity index is 2.17. The lowest BCUT2D eigenvalue weighted by Crippen LogP contribution is -2.00. The van der Waals surface area contributed by atoms with Crippen molar-refractivity contribution in [3.63, 3.8) is 0 Å². The minimum absolute atomic E-state index is 0.0462. The van der Waals surface area contributed by atoms with Gasteiger partial charge in [0.2, 0.25) is 0 Å². The quantitative estimate of drug-likeness (QED) is 0.692. The van der Waals surface area contributed by atoms with Crippen molar-refractivity contribution in [1.82, 2.24) is 0 Å². The average molecular weight is 350 g/mol. The molecule has 17 heavy (non-hydrogen) atoms. The summed E-state index contributed by atoms with van der Waals surface area (Å²) in [4.78, 5) is 12.6. The molecule has 1 heterocycles. The van der Waals surface area contributed by atoms with Crippen LogP contribution in [0.25, 0.3) is 0 Å². The van der Waals surface area contributed by atoms with Crippen LogP contribution in [0, 0.1) is 0 Å². The minimum atomic E-state index is 0.0462. The van der Waals surface area contributed by atoms with Gasteiger partial charge in [-0.15, -0.1) is 11.3 Å². The molecule has 0 atom stereocenters. The van der Waals surface area contributed by atoms with Crippen LogP contribution in [0.3, 0.4) is 0 Å². The molecule has 0 N–H and O–H groups in total. The van der Waals surface area contributed by atoms with Crippen LogP contribution in [0.2, 0.25) is 9.36 Å². The zero-order valence-corrected chi connectivity index (χ0v) is 12.5. The molecule has 0 aliphatic heterocycles. The highest BCUT2D eigenvalue weighted by Crippen LogP contribution is 2.32. The maximum absolute atomic E-state index is 12.0. The molecule has 1 nitrogen and oxygen atoms in total. The van der Waals surface area contributed by atoms with Crippen molar-refractivity contribution >= 4 is 56.3 Å². The summed E-state index contributed by atoms with van der Waals surface area (Å²) in [6, 6.07) is 9.05. The molecule has 0 spiro atoms. The second-order valence-electron chi connectivity index (χ2n) is 3.46. The third-order valence-electron chi connectivity index (χ3n) is 2.17. The van der Waals surface area contributed by atoms with Gasteiger partial charge in [-0.25, -0.2) is 0 Å². The van der Waals surface area contributed by atoms with E-state index in [2.05, 4.69) is 15.9 Å². The number of hydrogen-bond acceptors (Lipinski definition) is 2. The Labute approximate surface area is 121 Å². The van der Waals surface area contributed by atoms with Gasteiger partial charge in [0.25, 0.3) is 0 Å². The maximum Gasteiger partial charge on any atom is 0.177 e. The molecule has 2 aromatic rings. The second kappa shape index (κ2) is 5.53. The summed E-state index contributed by atoms with van der Waals surface area (Å²) in [6.45, 7) is 0. The smallest absolute Gasteiger partial charge is 0.177 e. The van der Waals surface area contributed by atoms with Crippen LogP contribution in [0.1, 0.15) is 15.2 Å². The van der Waals surface area contributed by atoms with E-state index < -0.39 is 0 Å². The summed E-state index contributed by atoms with van der Waals surface area (Å²) >= 11 is 16.3. The summed E-state index contributed by atoms with van der Waals surface area (Å²) in [5, 5.41) is 0.640. The van der Waals surface area contributed by atoms with Crippen molar-refractivity contribution in [2.45, 2.75) is 6.42 Å². The van der Waals surface area contributed by atoms with Gasteiger partial charge in [-0.1, -0.05) is 35.3 Å². The van der Waals surface area contributed by atoms with Gasteiger partial charge in [-0.05, 0) is 39.7 Å². The van der Waals surface area contributed by atoms with Gasteiger partial charge in [0.15, 0.2) is 5.78 Å². The second-order valence-corrected chi connectivity index (χ2v) is 6.41. The number of carbonyl (C=O) groups is 1. The summed E-state index contributed by atoms with van der Waals surface area (Å²) < 4.78 is 1.36. The van der Waals surface area contributed by atoms with Crippen LogP contribution in [0.15, 0.2) is 34.8 Å². The SMILES string of the molecule is O=C(Cc1cccc(Cl)c1)c1cc(Br)c(Cl)s1. The van der Waals surface area contributed by atoms with Crippen LogP contribution in [-0.4, -0.2) is 5.78 Å². The summed E-state index contributed by atoms with van der Waals surface area (Å²) in [6.07, 6.45) is 0.337. The van der Waals surface area contributed by atoms with Crippen LogP contribution < -0.4 is 0 Å². The molecule has 88 valence electrons. The van der Waals surface area contributed by atoms with E-state index >= 15 is 0 Å². The first-order valence-corrected chi connectivity index (χ1v) is 7.15. The lowest BCUT2D eigenvalue weighted by molar-refractivity contribution is 0.0997. The topological polar surface area (TPSA) is 17.1 Å². The van der Waals surface area contributed by atoms with E-state index in [1.165, 1.54) is 11.3 Å². The fourth-order valence-electron chi connectivity index (χ4n) is 1.40. The molecule has 0 aliphatic carbocycles. The normalized spacial score (nSPS) is 10.5. The predicted octanol–water partition coefficient (Wildman–Crippen LogP) is 5.24. The molecule has 0 radical (unpaired) electrons. The summed E-state index contributed by atoms with van der Waals surface area (Å²) in [5.41, 5.74) is 0.906. The highest BCUT2D eigenvalue weighted by atomic mass is 79.9. The van der Waals surface area contributed by atoms with Gasteiger partial charge in [0, 0.05) is 15.9 Å². The zero-order valence-electron chi connectivity index (χ0n) is 8.54. The first-order chi connectivity index (χ1) is 8.06. The lowest BCUT2D eigenvalue weighted by atomic mass is 10.1. The number of rotatable bonds is 3. The molecule has 0 saturated heterocycles. The van der Waals surface area contributed by atoms with Crippen molar-refractivity contribution in [2.24, 2.45) is 0 Å². The Morgan fingerprint density at radius 2 is 2.06 bits per heavy atom. The standard InChI is InChI=1S/C12H7BrCl2OS/c13-9-6-11(17-12(9)15)10(16)5-7-2-1-3-8(14)4-7/h1-4,6H,5H2. The fraction of sp³-hybridized carbons (Fsp3) is 0.0833. The number of benzene rings is 1. The highest BCUT2D eigenvalue weighted by Gasteiger charge is 2.12. The average Bonchev–Trinajstić information content (AvgIpc) is 2.59. The molecular weight excluding hydrogens is 343 g/mol. The summed E-state index contributed by atoms with van der Waals surface area (Å²) in [7, 11) is 0. The molecule has 1 aromatic heterocycles. The van der Waals surface area contributed by atoms with Gasteiger partial charge in [0.1, 0.15) is 4.34 Å². The number of hydrogen-bond donors (Lipinski definition) is 0. The number of halogens is 3. The summed E-state index contributed by atoms with van der Waals surface area (Å²) in [5.74, 6) is 0.0462. The largest absolute Gasteiger partial charge is 0.293 e. The third kappa shape index (κ3) is 3.32. The lowest BCUT2D eigenvalue weighted by Gasteiger charge is -1.99. The van der Waals surface area contributed by atoms with Gasteiger partial charge in [-0.3, -0.25) is 4.79 Å². The molecule has 0 amide bonds. The Hall–Kier alpha value is -0.350. The molecule has 0 unspecified atom stereocenters. The van der Waals surface area contributed by atoms with Crippen molar-refractivity contribution in [2.75, 3.05) is 0 Å². The zero-order chi connectivity index (χ0) is 12.4. The van der Waals surface area contributed by atoms with Crippen LogP contribution in [0.4, 0.5) is 0 Å². The molecule has 2 rings (SSSR count). The third-order valence-corrected chi connectivity index (χ3v) is 4.92. The van der Waals surface area contributed by atoms with Crippen LogP contribution in [-0.2, 0) is 6.42 Å². The molecule has 1 aromatic carbocycles. The van der Waals surface area contributed by atoms with E-state index in [0.29, 0.717) is 20.7 Å². The first kappa shape index (κ1) is 13.1. The monoisotopic (exact) mass is 348 g/mol. The minimum Gasteiger partial charge on any atom is -0.293 e. The number of thiophene rings is 1. The van der Waals surface area contributed by atoms with Crippen molar-refractivity contribution in [3.8, 4) is 0 Å². The van der Waals surface area contributed by atoms with Gasteiger partial charge < -0.3 is 0 Å². The maximum atomic E-state index is 12.0. The predicted molar refractivity (Wildman–Crippen MR) is 76.5 cm³/mol. The Kier molecular flexibility index (Phi) is 4.26. The van der Waals surface area contributed by atoms with Gasteiger partial charge in [-0.2, -0.15) is 0 Å². The van der Waals surface area contributed by atoms with E-state index in [-0.39, 0.29) is 5.78 Å². The first-order valence-electron chi connectivity index (χ1n) is 4.79. The molecule has 0 saturated carbocycles. The Bertz CT molecular complexity index is 546. The Morgan fingerprint density at radius 3 is 2.65 bits per heavy atom. The van der Waals surface area contributed by atoms with Gasteiger partial charge in [0.05, 0.1) is 4.88 Å². The van der Waals surface area contributed by atoms with Crippen LogP contribution >= 0.6 is 50.5 Å². The fourth-order valence-corrected chi connectivity index (χ4v) is 3.26. The molecule has 0 bridgehead atoms. The molecular formula is C12H7BrCl2OS. The van der Waals surface area contributed by atoms with E-state index in [0.717, 1.165) is 10.0 Å².